The molecule has 21 heavy (non-hydrogen) atoms. The lowest BCUT2D eigenvalue weighted by molar-refractivity contribution is -0.114. The molecule has 0 saturated carbocycles. The van der Waals surface area contributed by atoms with Crippen molar-refractivity contribution >= 4 is 22.3 Å². The topological polar surface area (TPSA) is 34.1 Å². The molecule has 0 fully saturated rings. The highest BCUT2D eigenvalue weighted by molar-refractivity contribution is 6.49. The molecule has 0 radical (unpaired) electrons. The normalized spacial score (nSPS) is 14.7. The number of Topliss-reactive ketones (excluding diaryl/α,β-unsaturated/α-hetero) is 2. The zero-order valence-electron chi connectivity index (χ0n) is 11.1. The van der Waals surface area contributed by atoms with Crippen molar-refractivity contribution in [2.75, 3.05) is 0 Å². The van der Waals surface area contributed by atoms with Crippen LogP contribution < -0.4 is 0 Å². The van der Waals surface area contributed by atoms with E-state index in [-0.39, 0.29) is 18.0 Å². The Hall–Kier alpha value is -2.74. The van der Waals surface area contributed by atoms with Crippen LogP contribution >= 0.6 is 0 Å². The summed E-state index contributed by atoms with van der Waals surface area (Å²) in [6.07, 6.45) is 0.244. The van der Waals surface area contributed by atoms with Gasteiger partial charge in [0.1, 0.15) is 0 Å². The van der Waals surface area contributed by atoms with Gasteiger partial charge in [-0.25, -0.2) is 0 Å². The van der Waals surface area contributed by atoms with Crippen LogP contribution in [0.1, 0.15) is 15.9 Å². The fourth-order valence-corrected chi connectivity index (χ4v) is 3.72. The van der Waals surface area contributed by atoms with E-state index >= 15 is 0 Å². The van der Waals surface area contributed by atoms with Crippen LogP contribution in [0.5, 0.6) is 0 Å². The van der Waals surface area contributed by atoms with Crippen LogP contribution in [-0.2, 0) is 11.2 Å². The minimum Gasteiger partial charge on any atom is -0.290 e. The maximum Gasteiger partial charge on any atom is 0.229 e. The fourth-order valence-electron chi connectivity index (χ4n) is 3.72. The van der Waals surface area contributed by atoms with Gasteiger partial charge in [0.05, 0.1) is 0 Å². The molecule has 3 aromatic rings. The number of carbonyl (C=O) groups excluding carboxylic acids is 2. The highest BCUT2D eigenvalue weighted by atomic mass is 16.2. The SMILES string of the molecule is O=C1Cc2ccc3c(c2C1=O)-c1cccc2cccc-3c12. The molecule has 0 N–H and O–H groups in total. The minimum atomic E-state index is -0.327. The first-order valence-electron chi connectivity index (χ1n) is 7.01. The summed E-state index contributed by atoms with van der Waals surface area (Å²) in [5, 5.41) is 2.36. The van der Waals surface area contributed by atoms with Gasteiger partial charge in [-0.15, -0.1) is 0 Å². The Morgan fingerprint density at radius 1 is 0.714 bits per heavy atom. The van der Waals surface area contributed by atoms with E-state index in [1.807, 2.05) is 24.3 Å². The molecular formula is C19H10O2. The average Bonchev–Trinajstić information content (AvgIpc) is 2.98. The van der Waals surface area contributed by atoms with E-state index in [4.69, 9.17) is 0 Å². The zero-order chi connectivity index (χ0) is 14.1. The van der Waals surface area contributed by atoms with Crippen LogP contribution in [0, 0.1) is 0 Å². The van der Waals surface area contributed by atoms with Crippen LogP contribution in [0.4, 0.5) is 0 Å². The van der Waals surface area contributed by atoms with Crippen molar-refractivity contribution in [1.29, 1.82) is 0 Å². The number of hydrogen-bond donors (Lipinski definition) is 0. The molecule has 2 aliphatic rings. The van der Waals surface area contributed by atoms with E-state index in [1.165, 1.54) is 10.8 Å². The van der Waals surface area contributed by atoms with Crippen molar-refractivity contribution in [3.8, 4) is 22.3 Å². The third-order valence-corrected chi connectivity index (χ3v) is 4.59. The number of rotatable bonds is 0. The second kappa shape index (κ2) is 3.47. The number of fused-ring (bicyclic) bond motifs is 5. The molecule has 0 atom stereocenters. The number of ketones is 2. The van der Waals surface area contributed by atoms with Gasteiger partial charge in [0, 0.05) is 17.5 Å². The van der Waals surface area contributed by atoms with Crippen molar-refractivity contribution < 1.29 is 9.59 Å². The van der Waals surface area contributed by atoms with Gasteiger partial charge < -0.3 is 0 Å². The van der Waals surface area contributed by atoms with E-state index in [1.54, 1.807) is 0 Å². The Kier molecular flexibility index (Phi) is 1.81. The van der Waals surface area contributed by atoms with Gasteiger partial charge >= 0.3 is 0 Å². The predicted molar refractivity (Wildman–Crippen MR) is 81.4 cm³/mol. The molecular weight excluding hydrogens is 260 g/mol. The minimum absolute atomic E-state index is 0.244. The van der Waals surface area contributed by atoms with E-state index in [9.17, 15) is 9.59 Å². The summed E-state index contributed by atoms with van der Waals surface area (Å²) in [4.78, 5) is 24.1. The molecule has 0 unspecified atom stereocenters. The van der Waals surface area contributed by atoms with Crippen molar-refractivity contribution in [1.82, 2.24) is 0 Å². The maximum atomic E-state index is 12.3. The van der Waals surface area contributed by atoms with Gasteiger partial charge in [0.25, 0.3) is 0 Å². The molecule has 0 amide bonds. The van der Waals surface area contributed by atoms with Crippen LogP contribution in [0.3, 0.4) is 0 Å². The summed E-state index contributed by atoms with van der Waals surface area (Å²) >= 11 is 0. The summed E-state index contributed by atoms with van der Waals surface area (Å²) in [7, 11) is 0. The van der Waals surface area contributed by atoms with Crippen LogP contribution in [0.15, 0.2) is 48.5 Å². The van der Waals surface area contributed by atoms with Crippen molar-refractivity contribution in [2.24, 2.45) is 0 Å². The van der Waals surface area contributed by atoms with Crippen molar-refractivity contribution in [3.05, 3.63) is 59.7 Å². The Bertz CT molecular complexity index is 991. The third-order valence-electron chi connectivity index (χ3n) is 4.59. The maximum absolute atomic E-state index is 12.3. The van der Waals surface area contributed by atoms with Gasteiger partial charge in [-0.1, -0.05) is 48.5 Å². The van der Waals surface area contributed by atoms with Crippen molar-refractivity contribution in [3.63, 3.8) is 0 Å². The molecule has 0 aliphatic heterocycles. The largest absolute Gasteiger partial charge is 0.290 e. The van der Waals surface area contributed by atoms with Crippen LogP contribution in [0.2, 0.25) is 0 Å². The Labute approximate surface area is 121 Å². The Morgan fingerprint density at radius 2 is 1.48 bits per heavy atom. The second-order valence-electron chi connectivity index (χ2n) is 5.66. The smallest absolute Gasteiger partial charge is 0.229 e. The van der Waals surface area contributed by atoms with Gasteiger partial charge in [0.2, 0.25) is 11.6 Å². The van der Waals surface area contributed by atoms with Crippen LogP contribution in [0.25, 0.3) is 33.0 Å². The highest BCUT2D eigenvalue weighted by Crippen LogP contribution is 2.50. The molecule has 3 aromatic carbocycles. The third kappa shape index (κ3) is 1.18. The van der Waals surface area contributed by atoms with Crippen molar-refractivity contribution in [2.45, 2.75) is 6.42 Å². The number of benzene rings is 3. The van der Waals surface area contributed by atoms with Crippen LogP contribution in [-0.4, -0.2) is 11.6 Å². The second-order valence-corrected chi connectivity index (χ2v) is 5.66. The molecule has 0 spiro atoms. The standard InChI is InChI=1S/C19H10O2/c20-15-9-11-7-8-13-12-5-1-3-10-4-2-6-14(16(10)12)18(13)17(11)19(15)21/h1-8H,9H2. The molecule has 2 heteroatoms. The first-order valence-corrected chi connectivity index (χ1v) is 7.01. The first-order chi connectivity index (χ1) is 10.3. The number of carbonyl (C=O) groups is 2. The number of hydrogen-bond acceptors (Lipinski definition) is 2. The molecule has 0 saturated heterocycles. The predicted octanol–water partition coefficient (Wildman–Crippen LogP) is 3.80. The molecule has 98 valence electrons. The first kappa shape index (κ1) is 11.0. The van der Waals surface area contributed by atoms with E-state index in [2.05, 4.69) is 24.3 Å². The molecule has 0 aromatic heterocycles. The molecule has 0 heterocycles. The van der Waals surface area contributed by atoms with Gasteiger partial charge in [-0.2, -0.15) is 0 Å². The zero-order valence-corrected chi connectivity index (χ0v) is 11.1. The summed E-state index contributed by atoms with van der Waals surface area (Å²) in [5.74, 6) is -0.617. The summed E-state index contributed by atoms with van der Waals surface area (Å²) in [6.45, 7) is 0. The Morgan fingerprint density at radius 3 is 2.29 bits per heavy atom. The highest BCUT2D eigenvalue weighted by Gasteiger charge is 2.35. The summed E-state index contributed by atoms with van der Waals surface area (Å²) in [5.41, 5.74) is 5.76. The molecule has 2 nitrogen and oxygen atoms in total. The van der Waals surface area contributed by atoms with E-state index in [0.717, 1.165) is 27.8 Å². The quantitative estimate of drug-likeness (QED) is 0.455. The lowest BCUT2D eigenvalue weighted by atomic mass is 9.95. The summed E-state index contributed by atoms with van der Waals surface area (Å²) in [6, 6.07) is 16.3. The van der Waals surface area contributed by atoms with E-state index < -0.39 is 0 Å². The molecule has 2 aliphatic carbocycles. The lowest BCUT2D eigenvalue weighted by Gasteiger charge is -2.07. The van der Waals surface area contributed by atoms with Gasteiger partial charge in [0.15, 0.2) is 0 Å². The average molecular weight is 270 g/mol. The summed E-state index contributed by atoms with van der Waals surface area (Å²) < 4.78 is 0. The van der Waals surface area contributed by atoms with Gasteiger partial charge in [-0.3, -0.25) is 9.59 Å². The molecule has 5 rings (SSSR count). The Balaban J connectivity index is 2.00. The van der Waals surface area contributed by atoms with E-state index in [0.29, 0.717) is 5.56 Å². The monoisotopic (exact) mass is 270 g/mol. The van der Waals surface area contributed by atoms with Gasteiger partial charge in [-0.05, 0) is 33.0 Å². The molecule has 0 bridgehead atoms. The fraction of sp³-hybridized carbons (Fsp3) is 0.0526. The lowest BCUT2D eigenvalue weighted by Crippen LogP contribution is -2.06.